The number of benzene rings is 2. The maximum Gasteiger partial charge on any atom is 0.0256 e. The zero-order chi connectivity index (χ0) is 12.6. The molecule has 17 heavy (non-hydrogen) atoms. The minimum atomic E-state index is 1.17. The summed E-state index contributed by atoms with van der Waals surface area (Å²) in [5.74, 6) is 0. The van der Waals surface area contributed by atoms with Gasteiger partial charge in [-0.05, 0) is 67.1 Å². The smallest absolute Gasteiger partial charge is 0.0256 e. The van der Waals surface area contributed by atoms with Crippen molar-refractivity contribution in [1.29, 1.82) is 0 Å². The second-order valence-corrected chi connectivity index (χ2v) is 5.57. The van der Waals surface area contributed by atoms with Gasteiger partial charge < -0.3 is 0 Å². The number of rotatable bonds is 1. The van der Waals surface area contributed by atoms with E-state index in [1.165, 1.54) is 37.9 Å². The van der Waals surface area contributed by atoms with Crippen molar-refractivity contribution in [1.82, 2.24) is 0 Å². The zero-order valence-electron chi connectivity index (χ0n) is 10.8. The van der Waals surface area contributed by atoms with Crippen LogP contribution in [-0.4, -0.2) is 0 Å². The fourth-order valence-electron chi connectivity index (χ4n) is 1.91. The summed E-state index contributed by atoms with van der Waals surface area (Å²) in [5, 5.41) is 0. The highest BCUT2D eigenvalue weighted by Crippen LogP contribution is 2.31. The lowest BCUT2D eigenvalue weighted by atomic mass is 9.97. The summed E-state index contributed by atoms with van der Waals surface area (Å²) in [6.45, 7) is 8.61. The van der Waals surface area contributed by atoms with Gasteiger partial charge in [-0.2, -0.15) is 0 Å². The highest BCUT2D eigenvalue weighted by molar-refractivity contribution is 9.10. The first kappa shape index (κ1) is 12.4. The lowest BCUT2D eigenvalue weighted by Gasteiger charge is -2.10. The van der Waals surface area contributed by atoms with Crippen LogP contribution < -0.4 is 0 Å². The van der Waals surface area contributed by atoms with Crippen LogP contribution in [0, 0.1) is 27.7 Å². The van der Waals surface area contributed by atoms with E-state index in [1.807, 2.05) is 0 Å². The number of hydrogen-bond acceptors (Lipinski definition) is 0. The second kappa shape index (κ2) is 4.66. The minimum absolute atomic E-state index is 1.17. The van der Waals surface area contributed by atoms with E-state index >= 15 is 0 Å². The largest absolute Gasteiger partial charge is 0.0584 e. The summed E-state index contributed by atoms with van der Waals surface area (Å²) >= 11 is 3.66. The lowest BCUT2D eigenvalue weighted by molar-refractivity contribution is 1.31. The van der Waals surface area contributed by atoms with Crippen LogP contribution >= 0.6 is 15.9 Å². The van der Waals surface area contributed by atoms with Crippen LogP contribution in [0.2, 0.25) is 0 Å². The SMILES string of the molecule is Cc1ccc(-c2cc(C)c(C)cc2Br)cc1C. The first-order chi connectivity index (χ1) is 7.99. The Morgan fingerprint density at radius 3 is 1.94 bits per heavy atom. The molecule has 2 rings (SSSR count). The predicted octanol–water partition coefficient (Wildman–Crippen LogP) is 5.35. The van der Waals surface area contributed by atoms with Crippen molar-refractivity contribution in [3.63, 3.8) is 0 Å². The standard InChI is InChI=1S/C16H17Br/c1-10-5-6-14(7-11(10)2)15-8-12(3)13(4)9-16(15)17/h5-9H,1-4H3. The van der Waals surface area contributed by atoms with Gasteiger partial charge in [0.25, 0.3) is 0 Å². The molecule has 0 spiro atoms. The summed E-state index contributed by atoms with van der Waals surface area (Å²) in [4.78, 5) is 0. The Labute approximate surface area is 112 Å². The summed E-state index contributed by atoms with van der Waals surface area (Å²) in [7, 11) is 0. The number of hydrogen-bond donors (Lipinski definition) is 0. The molecule has 0 aromatic heterocycles. The van der Waals surface area contributed by atoms with Crippen molar-refractivity contribution in [2.75, 3.05) is 0 Å². The van der Waals surface area contributed by atoms with Crippen LogP contribution in [0.5, 0.6) is 0 Å². The van der Waals surface area contributed by atoms with Gasteiger partial charge in [0.05, 0.1) is 0 Å². The van der Waals surface area contributed by atoms with Crippen molar-refractivity contribution < 1.29 is 0 Å². The highest BCUT2D eigenvalue weighted by Gasteiger charge is 2.06. The molecule has 0 saturated carbocycles. The summed E-state index contributed by atoms with van der Waals surface area (Å²) in [6, 6.07) is 11.1. The van der Waals surface area contributed by atoms with E-state index in [-0.39, 0.29) is 0 Å². The molecule has 0 atom stereocenters. The molecule has 0 amide bonds. The monoisotopic (exact) mass is 288 g/mol. The molecule has 0 saturated heterocycles. The Hall–Kier alpha value is -1.08. The van der Waals surface area contributed by atoms with Crippen LogP contribution in [0.15, 0.2) is 34.8 Å². The fraction of sp³-hybridized carbons (Fsp3) is 0.250. The average molecular weight is 289 g/mol. The van der Waals surface area contributed by atoms with Crippen LogP contribution in [0.4, 0.5) is 0 Å². The zero-order valence-corrected chi connectivity index (χ0v) is 12.4. The summed E-state index contributed by atoms with van der Waals surface area (Å²) in [6.07, 6.45) is 0. The van der Waals surface area contributed by atoms with Gasteiger partial charge in [0.15, 0.2) is 0 Å². The lowest BCUT2D eigenvalue weighted by Crippen LogP contribution is -1.88. The Morgan fingerprint density at radius 1 is 0.706 bits per heavy atom. The van der Waals surface area contributed by atoms with Crippen LogP contribution in [-0.2, 0) is 0 Å². The summed E-state index contributed by atoms with van der Waals surface area (Å²) < 4.78 is 1.17. The van der Waals surface area contributed by atoms with Crippen molar-refractivity contribution in [3.05, 3.63) is 57.1 Å². The van der Waals surface area contributed by atoms with Crippen molar-refractivity contribution >= 4 is 15.9 Å². The third-order valence-electron chi connectivity index (χ3n) is 3.40. The van der Waals surface area contributed by atoms with E-state index in [2.05, 4.69) is 74.0 Å². The second-order valence-electron chi connectivity index (χ2n) is 4.72. The van der Waals surface area contributed by atoms with E-state index in [0.717, 1.165) is 0 Å². The highest BCUT2D eigenvalue weighted by atomic mass is 79.9. The molecule has 88 valence electrons. The minimum Gasteiger partial charge on any atom is -0.0584 e. The third kappa shape index (κ3) is 2.44. The van der Waals surface area contributed by atoms with Gasteiger partial charge in [-0.25, -0.2) is 0 Å². The van der Waals surface area contributed by atoms with Crippen molar-refractivity contribution in [3.8, 4) is 11.1 Å². The first-order valence-electron chi connectivity index (χ1n) is 5.83. The maximum atomic E-state index is 3.66. The van der Waals surface area contributed by atoms with E-state index in [0.29, 0.717) is 0 Å². The van der Waals surface area contributed by atoms with Crippen LogP contribution in [0.3, 0.4) is 0 Å². The molecule has 0 aliphatic carbocycles. The molecule has 2 aromatic rings. The fourth-order valence-corrected chi connectivity index (χ4v) is 2.60. The topological polar surface area (TPSA) is 0 Å². The molecule has 0 N–H and O–H groups in total. The van der Waals surface area contributed by atoms with Gasteiger partial charge in [-0.1, -0.05) is 40.2 Å². The first-order valence-corrected chi connectivity index (χ1v) is 6.62. The number of aryl methyl sites for hydroxylation is 4. The van der Waals surface area contributed by atoms with E-state index in [9.17, 15) is 0 Å². The molecule has 0 aliphatic heterocycles. The summed E-state index contributed by atoms with van der Waals surface area (Å²) in [5.41, 5.74) is 7.89. The van der Waals surface area contributed by atoms with Crippen molar-refractivity contribution in [2.45, 2.75) is 27.7 Å². The Morgan fingerprint density at radius 2 is 1.29 bits per heavy atom. The molecule has 0 aliphatic rings. The molecule has 0 unspecified atom stereocenters. The average Bonchev–Trinajstić information content (AvgIpc) is 2.27. The molecule has 1 heteroatoms. The van der Waals surface area contributed by atoms with Crippen LogP contribution in [0.1, 0.15) is 22.3 Å². The predicted molar refractivity (Wildman–Crippen MR) is 78.5 cm³/mol. The van der Waals surface area contributed by atoms with E-state index in [1.54, 1.807) is 0 Å². The van der Waals surface area contributed by atoms with Gasteiger partial charge in [0.2, 0.25) is 0 Å². The van der Waals surface area contributed by atoms with Crippen molar-refractivity contribution in [2.24, 2.45) is 0 Å². The molecule has 0 bridgehead atoms. The maximum absolute atomic E-state index is 3.66. The van der Waals surface area contributed by atoms with E-state index in [4.69, 9.17) is 0 Å². The number of halogens is 1. The molecular formula is C16H17Br. The Balaban J connectivity index is 2.60. The van der Waals surface area contributed by atoms with E-state index < -0.39 is 0 Å². The molecule has 0 heterocycles. The van der Waals surface area contributed by atoms with Crippen LogP contribution in [0.25, 0.3) is 11.1 Å². The van der Waals surface area contributed by atoms with Gasteiger partial charge in [-0.15, -0.1) is 0 Å². The quantitative estimate of drug-likeness (QED) is 0.664. The van der Waals surface area contributed by atoms with Gasteiger partial charge >= 0.3 is 0 Å². The molecule has 0 fully saturated rings. The third-order valence-corrected chi connectivity index (χ3v) is 4.06. The van der Waals surface area contributed by atoms with Gasteiger partial charge in [-0.3, -0.25) is 0 Å². The normalized spacial score (nSPS) is 10.6. The Kier molecular flexibility index (Phi) is 3.39. The molecular weight excluding hydrogens is 272 g/mol. The molecule has 2 aromatic carbocycles. The molecule has 0 radical (unpaired) electrons. The Bertz CT molecular complexity index is 568. The van der Waals surface area contributed by atoms with Gasteiger partial charge in [0, 0.05) is 4.47 Å². The van der Waals surface area contributed by atoms with Gasteiger partial charge in [0.1, 0.15) is 0 Å². The molecule has 0 nitrogen and oxygen atoms in total.